The maximum Gasteiger partial charge on any atom is 0.322 e. The Morgan fingerprint density at radius 2 is 1.88 bits per heavy atom. The number of carbonyl (C=O) groups excluding carboxylic acids is 1. The molecule has 1 aliphatic rings. The third-order valence-electron chi connectivity index (χ3n) is 3.30. The molecule has 1 aliphatic heterocycles. The van der Waals surface area contributed by atoms with Crippen LogP contribution < -0.4 is 5.32 Å². The van der Waals surface area contributed by atoms with Gasteiger partial charge < -0.3 is 15.0 Å². The minimum Gasteiger partial charge on any atom is -0.468 e. The summed E-state index contributed by atoms with van der Waals surface area (Å²) in [5, 5.41) is 3.33. The van der Waals surface area contributed by atoms with Crippen LogP contribution in [0.15, 0.2) is 0 Å². The first-order valence-corrected chi connectivity index (χ1v) is 6.12. The van der Waals surface area contributed by atoms with E-state index in [1.165, 1.54) is 7.11 Å². The third-order valence-corrected chi connectivity index (χ3v) is 3.30. The zero-order valence-electron chi connectivity index (χ0n) is 10.8. The molecular weight excluding hydrogens is 204 g/mol. The van der Waals surface area contributed by atoms with Crippen LogP contribution in [0.4, 0.5) is 0 Å². The number of hydrogen-bond acceptors (Lipinski definition) is 4. The summed E-state index contributed by atoms with van der Waals surface area (Å²) in [6, 6.07) is 0.878. The number of nitrogens with zero attached hydrogens (tertiary/aromatic N) is 1. The van der Waals surface area contributed by atoms with Crippen molar-refractivity contribution in [3.63, 3.8) is 0 Å². The second-order valence-electron chi connectivity index (χ2n) is 4.82. The number of esters is 1. The number of nitrogens with one attached hydrogen (secondary N) is 1. The highest BCUT2D eigenvalue weighted by Gasteiger charge is 2.23. The molecule has 16 heavy (non-hydrogen) atoms. The van der Waals surface area contributed by atoms with E-state index in [1.807, 2.05) is 6.92 Å². The Morgan fingerprint density at radius 3 is 2.31 bits per heavy atom. The number of hydrogen-bond donors (Lipinski definition) is 1. The summed E-state index contributed by atoms with van der Waals surface area (Å²) in [4.78, 5) is 13.7. The molecule has 1 N–H and O–H groups in total. The van der Waals surface area contributed by atoms with E-state index in [0.29, 0.717) is 12.1 Å². The summed E-state index contributed by atoms with van der Waals surface area (Å²) in [7, 11) is 1.43. The molecule has 1 atom stereocenters. The highest BCUT2D eigenvalue weighted by atomic mass is 16.5. The normalized spacial score (nSPS) is 21.1. The third kappa shape index (κ3) is 3.76. The molecule has 0 saturated carbocycles. The minimum absolute atomic E-state index is 0.175. The van der Waals surface area contributed by atoms with Crippen molar-refractivity contribution in [2.75, 3.05) is 20.2 Å². The average molecular weight is 228 g/mol. The Kier molecular flexibility index (Phi) is 5.22. The zero-order valence-corrected chi connectivity index (χ0v) is 10.8. The van der Waals surface area contributed by atoms with Gasteiger partial charge in [0.1, 0.15) is 6.04 Å². The van der Waals surface area contributed by atoms with E-state index in [0.717, 1.165) is 25.9 Å². The molecule has 0 aromatic heterocycles. The Bertz CT molecular complexity index is 223. The van der Waals surface area contributed by atoms with Gasteiger partial charge in [-0.05, 0) is 46.7 Å². The molecule has 0 amide bonds. The van der Waals surface area contributed by atoms with Gasteiger partial charge in [0.15, 0.2) is 0 Å². The van der Waals surface area contributed by atoms with E-state index in [4.69, 9.17) is 4.74 Å². The van der Waals surface area contributed by atoms with Crippen molar-refractivity contribution in [2.24, 2.45) is 0 Å². The van der Waals surface area contributed by atoms with Crippen molar-refractivity contribution >= 4 is 5.97 Å². The van der Waals surface area contributed by atoms with Crippen molar-refractivity contribution < 1.29 is 9.53 Å². The standard InChI is InChI=1S/C12H24N2O2/c1-9(2)14-7-5-11(6-8-14)13-10(3)12(15)16-4/h9-11,13H,5-8H2,1-4H3/t10-/m0/s1. The van der Waals surface area contributed by atoms with E-state index in [-0.39, 0.29) is 12.0 Å². The molecule has 1 heterocycles. The van der Waals surface area contributed by atoms with Crippen LogP contribution in [0.1, 0.15) is 33.6 Å². The van der Waals surface area contributed by atoms with Gasteiger partial charge in [-0.15, -0.1) is 0 Å². The van der Waals surface area contributed by atoms with Gasteiger partial charge in [-0.3, -0.25) is 4.79 Å². The van der Waals surface area contributed by atoms with Gasteiger partial charge >= 0.3 is 5.97 Å². The van der Waals surface area contributed by atoms with Crippen LogP contribution >= 0.6 is 0 Å². The second kappa shape index (κ2) is 6.21. The van der Waals surface area contributed by atoms with E-state index < -0.39 is 0 Å². The average Bonchev–Trinajstić information content (AvgIpc) is 2.28. The van der Waals surface area contributed by atoms with Gasteiger partial charge in [0.2, 0.25) is 0 Å². The second-order valence-corrected chi connectivity index (χ2v) is 4.82. The molecule has 0 bridgehead atoms. The Labute approximate surface area is 98.3 Å². The summed E-state index contributed by atoms with van der Waals surface area (Å²) in [6.07, 6.45) is 2.22. The van der Waals surface area contributed by atoms with Gasteiger partial charge in [-0.1, -0.05) is 0 Å². The molecule has 0 unspecified atom stereocenters. The molecule has 4 heteroatoms. The van der Waals surface area contributed by atoms with Gasteiger partial charge in [0, 0.05) is 12.1 Å². The Hall–Kier alpha value is -0.610. The fraction of sp³-hybridized carbons (Fsp3) is 0.917. The first-order valence-electron chi connectivity index (χ1n) is 6.12. The molecule has 1 fully saturated rings. The fourth-order valence-corrected chi connectivity index (χ4v) is 2.18. The van der Waals surface area contributed by atoms with Crippen molar-refractivity contribution in [1.82, 2.24) is 10.2 Å². The molecule has 1 rings (SSSR count). The number of piperidine rings is 1. The molecule has 0 aromatic carbocycles. The van der Waals surface area contributed by atoms with Crippen LogP contribution in [0, 0.1) is 0 Å². The number of likely N-dealkylation sites (tertiary alicyclic amines) is 1. The lowest BCUT2D eigenvalue weighted by molar-refractivity contribution is -0.142. The number of methoxy groups -OCH3 is 1. The monoisotopic (exact) mass is 228 g/mol. The van der Waals surface area contributed by atoms with Crippen molar-refractivity contribution in [2.45, 2.75) is 51.7 Å². The smallest absolute Gasteiger partial charge is 0.322 e. The van der Waals surface area contributed by atoms with Crippen LogP contribution in [-0.4, -0.2) is 49.2 Å². The maximum absolute atomic E-state index is 11.3. The minimum atomic E-state index is -0.194. The molecule has 0 aliphatic carbocycles. The van der Waals surface area contributed by atoms with E-state index in [2.05, 4.69) is 24.1 Å². The molecular formula is C12H24N2O2. The van der Waals surface area contributed by atoms with Crippen molar-refractivity contribution in [1.29, 1.82) is 0 Å². The molecule has 0 radical (unpaired) electrons. The summed E-state index contributed by atoms with van der Waals surface area (Å²) in [6.45, 7) is 8.54. The predicted molar refractivity (Wildman–Crippen MR) is 64.3 cm³/mol. The quantitative estimate of drug-likeness (QED) is 0.729. The van der Waals surface area contributed by atoms with E-state index in [1.54, 1.807) is 0 Å². The molecule has 0 spiro atoms. The Balaban J connectivity index is 2.29. The fourth-order valence-electron chi connectivity index (χ4n) is 2.18. The number of carbonyl (C=O) groups is 1. The van der Waals surface area contributed by atoms with Crippen LogP contribution in [0.3, 0.4) is 0 Å². The molecule has 94 valence electrons. The molecule has 4 nitrogen and oxygen atoms in total. The zero-order chi connectivity index (χ0) is 12.1. The van der Waals surface area contributed by atoms with Crippen molar-refractivity contribution in [3.8, 4) is 0 Å². The van der Waals surface area contributed by atoms with Gasteiger partial charge in [-0.2, -0.15) is 0 Å². The first kappa shape index (κ1) is 13.5. The van der Waals surface area contributed by atoms with Crippen LogP contribution in [-0.2, 0) is 9.53 Å². The predicted octanol–water partition coefficient (Wildman–Crippen LogP) is 1.01. The first-order chi connectivity index (χ1) is 7.54. The van der Waals surface area contributed by atoms with Crippen LogP contribution in [0.25, 0.3) is 0 Å². The lowest BCUT2D eigenvalue weighted by Crippen LogP contribution is -2.49. The van der Waals surface area contributed by atoms with Gasteiger partial charge in [0.25, 0.3) is 0 Å². The largest absolute Gasteiger partial charge is 0.468 e. The molecule has 1 saturated heterocycles. The van der Waals surface area contributed by atoms with Crippen LogP contribution in [0.2, 0.25) is 0 Å². The SMILES string of the molecule is COC(=O)[C@H](C)NC1CCN(C(C)C)CC1. The topological polar surface area (TPSA) is 41.6 Å². The summed E-state index contributed by atoms with van der Waals surface area (Å²) in [5.74, 6) is -0.175. The Morgan fingerprint density at radius 1 is 1.31 bits per heavy atom. The summed E-state index contributed by atoms with van der Waals surface area (Å²) < 4.78 is 4.70. The highest BCUT2D eigenvalue weighted by Crippen LogP contribution is 2.13. The maximum atomic E-state index is 11.3. The van der Waals surface area contributed by atoms with Gasteiger partial charge in [-0.25, -0.2) is 0 Å². The van der Waals surface area contributed by atoms with E-state index >= 15 is 0 Å². The van der Waals surface area contributed by atoms with E-state index in [9.17, 15) is 4.79 Å². The van der Waals surface area contributed by atoms with Crippen LogP contribution in [0.5, 0.6) is 0 Å². The van der Waals surface area contributed by atoms with Gasteiger partial charge in [0.05, 0.1) is 7.11 Å². The van der Waals surface area contributed by atoms with Crippen molar-refractivity contribution in [3.05, 3.63) is 0 Å². The highest BCUT2D eigenvalue weighted by molar-refractivity contribution is 5.75. The molecule has 0 aromatic rings. The summed E-state index contributed by atoms with van der Waals surface area (Å²) in [5.41, 5.74) is 0. The number of ether oxygens (including phenoxy) is 1. The number of rotatable bonds is 4. The lowest BCUT2D eigenvalue weighted by Gasteiger charge is -2.35. The lowest BCUT2D eigenvalue weighted by atomic mass is 10.0. The summed E-state index contributed by atoms with van der Waals surface area (Å²) >= 11 is 0.